The molecule has 0 aliphatic rings. The molecule has 2 nitrogen and oxygen atoms in total. The van der Waals surface area contributed by atoms with E-state index in [1.54, 1.807) is 11.3 Å². The van der Waals surface area contributed by atoms with Crippen molar-refractivity contribution in [3.63, 3.8) is 0 Å². The van der Waals surface area contributed by atoms with E-state index in [-0.39, 0.29) is 0 Å². The lowest BCUT2D eigenvalue weighted by Gasteiger charge is -1.99. The van der Waals surface area contributed by atoms with Crippen LogP contribution in [0.25, 0.3) is 0 Å². The van der Waals surface area contributed by atoms with Gasteiger partial charge in [-0.15, -0.1) is 11.3 Å². The maximum Gasteiger partial charge on any atom is 0.0454 e. The van der Waals surface area contributed by atoms with Gasteiger partial charge in [0.15, 0.2) is 0 Å². The fraction of sp³-hybridized carbons (Fsp3) is 0.429. The summed E-state index contributed by atoms with van der Waals surface area (Å²) in [4.78, 5) is 1.38. The van der Waals surface area contributed by atoms with Gasteiger partial charge in [0.2, 0.25) is 0 Å². The van der Waals surface area contributed by atoms with Crippen LogP contribution in [0.5, 0.6) is 0 Å². The molecule has 0 bridgehead atoms. The first kappa shape index (κ1) is 7.72. The topological polar surface area (TPSA) is 24.1 Å². The quantitative estimate of drug-likeness (QED) is 0.502. The minimum absolute atomic E-state index is 0.873. The van der Waals surface area contributed by atoms with Crippen LogP contribution in [-0.2, 0) is 6.54 Å². The number of nitrogens with one attached hydrogen (secondary N) is 2. The van der Waals surface area contributed by atoms with Gasteiger partial charge in [-0.05, 0) is 18.5 Å². The van der Waals surface area contributed by atoms with Crippen LogP contribution < -0.4 is 10.6 Å². The van der Waals surface area contributed by atoms with Crippen molar-refractivity contribution in [3.8, 4) is 0 Å². The van der Waals surface area contributed by atoms with Gasteiger partial charge in [0.25, 0.3) is 0 Å². The third-order valence-corrected chi connectivity index (χ3v) is 2.06. The predicted molar refractivity (Wildman–Crippen MR) is 45.1 cm³/mol. The summed E-state index contributed by atoms with van der Waals surface area (Å²) in [5.41, 5.74) is 0. The molecule has 0 atom stereocenters. The zero-order valence-corrected chi connectivity index (χ0v) is 6.87. The largest absolute Gasteiger partial charge is 0.308 e. The number of thiophene rings is 1. The third kappa shape index (κ3) is 2.47. The Morgan fingerprint density at radius 1 is 1.60 bits per heavy atom. The summed E-state index contributed by atoms with van der Waals surface area (Å²) < 4.78 is 0. The van der Waals surface area contributed by atoms with Crippen molar-refractivity contribution in [2.75, 3.05) is 13.7 Å². The van der Waals surface area contributed by atoms with E-state index in [9.17, 15) is 0 Å². The van der Waals surface area contributed by atoms with E-state index < -0.39 is 0 Å². The van der Waals surface area contributed by atoms with Crippen molar-refractivity contribution >= 4 is 11.3 Å². The molecule has 0 aliphatic heterocycles. The molecular formula is C7H12N2S. The standard InChI is InChI=1S/C7H12N2S/c1-8-6-9-5-7-3-2-4-10-7/h2-4,8-9H,5-6H2,1H3. The van der Waals surface area contributed by atoms with Crippen LogP contribution in [0, 0.1) is 0 Å². The second kappa shape index (κ2) is 4.44. The van der Waals surface area contributed by atoms with Gasteiger partial charge in [0, 0.05) is 18.1 Å². The van der Waals surface area contributed by atoms with E-state index >= 15 is 0 Å². The van der Waals surface area contributed by atoms with Crippen LogP contribution in [0.15, 0.2) is 17.5 Å². The molecular weight excluding hydrogens is 144 g/mol. The first-order valence-electron chi connectivity index (χ1n) is 3.31. The van der Waals surface area contributed by atoms with Crippen LogP contribution in [0.1, 0.15) is 4.88 Å². The Morgan fingerprint density at radius 3 is 3.10 bits per heavy atom. The third-order valence-electron chi connectivity index (χ3n) is 1.18. The second-order valence-electron chi connectivity index (χ2n) is 2.04. The van der Waals surface area contributed by atoms with Gasteiger partial charge in [-0.2, -0.15) is 0 Å². The van der Waals surface area contributed by atoms with E-state index in [0.717, 1.165) is 13.2 Å². The highest BCUT2D eigenvalue weighted by atomic mass is 32.1. The zero-order valence-electron chi connectivity index (χ0n) is 6.05. The highest BCUT2D eigenvalue weighted by Gasteiger charge is 1.89. The average molecular weight is 156 g/mol. The van der Waals surface area contributed by atoms with Crippen molar-refractivity contribution in [1.82, 2.24) is 10.6 Å². The van der Waals surface area contributed by atoms with Gasteiger partial charge in [-0.3, -0.25) is 5.32 Å². The summed E-state index contributed by atoms with van der Waals surface area (Å²) in [6, 6.07) is 4.20. The molecule has 0 saturated carbocycles. The second-order valence-corrected chi connectivity index (χ2v) is 3.07. The van der Waals surface area contributed by atoms with Crippen molar-refractivity contribution in [2.45, 2.75) is 6.54 Å². The number of hydrogen-bond donors (Lipinski definition) is 2. The highest BCUT2D eigenvalue weighted by Crippen LogP contribution is 2.06. The minimum atomic E-state index is 0.873. The van der Waals surface area contributed by atoms with Gasteiger partial charge in [0.05, 0.1) is 0 Å². The van der Waals surface area contributed by atoms with Crippen LogP contribution >= 0.6 is 11.3 Å². The van der Waals surface area contributed by atoms with Crippen molar-refractivity contribution in [3.05, 3.63) is 22.4 Å². The molecule has 0 saturated heterocycles. The SMILES string of the molecule is CNCNCc1cccs1. The molecule has 56 valence electrons. The van der Waals surface area contributed by atoms with Gasteiger partial charge in [0.1, 0.15) is 0 Å². The first-order valence-corrected chi connectivity index (χ1v) is 4.19. The molecule has 0 aliphatic carbocycles. The van der Waals surface area contributed by atoms with Crippen molar-refractivity contribution in [2.24, 2.45) is 0 Å². The Balaban J connectivity index is 2.15. The average Bonchev–Trinajstić information content (AvgIpc) is 2.41. The molecule has 1 heterocycles. The lowest BCUT2D eigenvalue weighted by atomic mass is 10.5. The predicted octanol–water partition coefficient (Wildman–Crippen LogP) is 1.01. The molecule has 3 heteroatoms. The van der Waals surface area contributed by atoms with E-state index in [1.165, 1.54) is 4.88 Å². The minimum Gasteiger partial charge on any atom is -0.308 e. The summed E-state index contributed by atoms with van der Waals surface area (Å²) in [6.07, 6.45) is 0. The van der Waals surface area contributed by atoms with Gasteiger partial charge < -0.3 is 5.32 Å². The lowest BCUT2D eigenvalue weighted by molar-refractivity contribution is 0.636. The summed E-state index contributed by atoms with van der Waals surface area (Å²) in [6.45, 7) is 1.84. The van der Waals surface area contributed by atoms with Crippen LogP contribution in [0.3, 0.4) is 0 Å². The molecule has 1 rings (SSSR count). The van der Waals surface area contributed by atoms with E-state index in [1.807, 2.05) is 7.05 Å². The lowest BCUT2D eigenvalue weighted by Crippen LogP contribution is -2.24. The van der Waals surface area contributed by atoms with Crippen LogP contribution in [0.4, 0.5) is 0 Å². The fourth-order valence-electron chi connectivity index (χ4n) is 0.724. The Morgan fingerprint density at radius 2 is 2.50 bits per heavy atom. The normalized spacial score (nSPS) is 10.1. The first-order chi connectivity index (χ1) is 4.93. The molecule has 0 aromatic carbocycles. The maximum absolute atomic E-state index is 3.24. The van der Waals surface area contributed by atoms with E-state index in [2.05, 4.69) is 28.1 Å². The molecule has 1 aromatic heterocycles. The highest BCUT2D eigenvalue weighted by molar-refractivity contribution is 7.09. The number of hydrogen-bond acceptors (Lipinski definition) is 3. The van der Waals surface area contributed by atoms with Crippen molar-refractivity contribution in [1.29, 1.82) is 0 Å². The van der Waals surface area contributed by atoms with Crippen LogP contribution in [0.2, 0.25) is 0 Å². The molecule has 0 amide bonds. The maximum atomic E-state index is 3.24. The molecule has 0 unspecified atom stereocenters. The Kier molecular flexibility index (Phi) is 3.43. The molecule has 1 aromatic rings. The summed E-state index contributed by atoms with van der Waals surface area (Å²) in [5, 5.41) is 8.35. The van der Waals surface area contributed by atoms with Crippen LogP contribution in [-0.4, -0.2) is 13.7 Å². The molecule has 0 spiro atoms. The van der Waals surface area contributed by atoms with Gasteiger partial charge >= 0.3 is 0 Å². The number of rotatable bonds is 4. The molecule has 10 heavy (non-hydrogen) atoms. The summed E-state index contributed by atoms with van der Waals surface area (Å²) in [7, 11) is 1.93. The van der Waals surface area contributed by atoms with Gasteiger partial charge in [-0.1, -0.05) is 6.07 Å². The zero-order chi connectivity index (χ0) is 7.23. The molecule has 2 N–H and O–H groups in total. The Labute approximate surface area is 65.3 Å². The summed E-state index contributed by atoms with van der Waals surface area (Å²) >= 11 is 1.78. The Hall–Kier alpha value is -0.380. The van der Waals surface area contributed by atoms with E-state index in [0.29, 0.717) is 0 Å². The van der Waals surface area contributed by atoms with Crippen molar-refractivity contribution < 1.29 is 0 Å². The summed E-state index contributed by atoms with van der Waals surface area (Å²) in [5.74, 6) is 0. The molecule has 0 fully saturated rings. The fourth-order valence-corrected chi connectivity index (χ4v) is 1.40. The Bertz CT molecular complexity index is 160. The smallest absolute Gasteiger partial charge is 0.0454 e. The van der Waals surface area contributed by atoms with Gasteiger partial charge in [-0.25, -0.2) is 0 Å². The monoisotopic (exact) mass is 156 g/mol. The molecule has 0 radical (unpaired) electrons. The van der Waals surface area contributed by atoms with E-state index in [4.69, 9.17) is 0 Å².